The van der Waals surface area contributed by atoms with Crippen molar-refractivity contribution in [3.05, 3.63) is 81.5 Å². The van der Waals surface area contributed by atoms with Crippen LogP contribution in [0.15, 0.2) is 58.4 Å². The third-order valence-corrected chi connectivity index (χ3v) is 3.48. The minimum Gasteiger partial charge on any atom is -0.507 e. The van der Waals surface area contributed by atoms with E-state index >= 15 is 0 Å². The van der Waals surface area contributed by atoms with Crippen LogP contribution in [0, 0.1) is 5.82 Å². The van der Waals surface area contributed by atoms with E-state index in [2.05, 4.69) is 20.7 Å². The Morgan fingerprint density at radius 2 is 2.00 bits per heavy atom. The van der Waals surface area contributed by atoms with E-state index in [1.165, 1.54) is 36.5 Å². The molecule has 3 aromatic rings. The first kappa shape index (κ1) is 17.1. The first-order valence-corrected chi connectivity index (χ1v) is 7.57. The van der Waals surface area contributed by atoms with E-state index in [1.54, 1.807) is 18.2 Å². The molecule has 26 heavy (non-hydrogen) atoms. The molecule has 1 aromatic heterocycles. The van der Waals surface area contributed by atoms with Crippen LogP contribution in [0.1, 0.15) is 21.6 Å². The maximum absolute atomic E-state index is 12.9. The van der Waals surface area contributed by atoms with Gasteiger partial charge in [-0.25, -0.2) is 4.39 Å². The fourth-order valence-corrected chi connectivity index (χ4v) is 2.10. The van der Waals surface area contributed by atoms with Crippen molar-refractivity contribution in [3.63, 3.8) is 0 Å². The van der Waals surface area contributed by atoms with Crippen LogP contribution in [0.4, 0.5) is 4.39 Å². The molecule has 3 rings (SSSR count). The summed E-state index contributed by atoms with van der Waals surface area (Å²) >= 11 is 0. The van der Waals surface area contributed by atoms with E-state index in [4.69, 9.17) is 0 Å². The highest BCUT2D eigenvalue weighted by molar-refractivity contribution is 5.91. The first-order chi connectivity index (χ1) is 12.5. The van der Waals surface area contributed by atoms with Gasteiger partial charge >= 0.3 is 5.56 Å². The van der Waals surface area contributed by atoms with E-state index in [-0.39, 0.29) is 23.8 Å². The molecule has 0 saturated carbocycles. The minimum atomic E-state index is -0.742. The summed E-state index contributed by atoms with van der Waals surface area (Å²) in [7, 11) is 0. The number of amides is 1. The molecular formula is C17H14FN5O3. The van der Waals surface area contributed by atoms with Gasteiger partial charge in [-0.3, -0.25) is 9.59 Å². The first-order valence-electron chi connectivity index (χ1n) is 7.57. The van der Waals surface area contributed by atoms with Crippen molar-refractivity contribution < 1.29 is 14.3 Å². The van der Waals surface area contributed by atoms with Crippen LogP contribution in [-0.4, -0.2) is 32.3 Å². The number of H-pyrrole nitrogens is 1. The normalized spacial score (nSPS) is 11.0. The van der Waals surface area contributed by atoms with Gasteiger partial charge in [0.2, 0.25) is 5.69 Å². The number of phenols is 1. The van der Waals surface area contributed by atoms with Crippen LogP contribution in [0.5, 0.6) is 5.75 Å². The average Bonchev–Trinajstić information content (AvgIpc) is 3.01. The third-order valence-electron chi connectivity index (χ3n) is 3.48. The Hall–Kier alpha value is -3.75. The van der Waals surface area contributed by atoms with E-state index in [9.17, 15) is 19.1 Å². The van der Waals surface area contributed by atoms with Crippen molar-refractivity contribution >= 4 is 12.1 Å². The highest BCUT2D eigenvalue weighted by Crippen LogP contribution is 2.12. The molecule has 0 spiro atoms. The maximum atomic E-state index is 12.9. The van der Waals surface area contributed by atoms with Gasteiger partial charge in [0.1, 0.15) is 11.6 Å². The van der Waals surface area contributed by atoms with Crippen LogP contribution < -0.4 is 10.9 Å². The van der Waals surface area contributed by atoms with Gasteiger partial charge in [-0.2, -0.15) is 10.3 Å². The molecule has 3 N–H and O–H groups in total. The average molecular weight is 355 g/mol. The standard InChI is InChI=1S/C17H14FN5O3/c18-13-7-5-11(6-8-13)9-19-16(25)15-17(26)23(22-21-15)20-10-12-3-1-2-4-14(12)24/h1-8,10,22,24H,9H2,(H,19,25)/b20-10+. The predicted molar refractivity (Wildman–Crippen MR) is 91.5 cm³/mol. The smallest absolute Gasteiger partial charge is 0.320 e. The van der Waals surface area contributed by atoms with E-state index in [1.807, 2.05) is 0 Å². The van der Waals surface area contributed by atoms with Gasteiger partial charge in [-0.1, -0.05) is 24.3 Å². The molecule has 0 saturated heterocycles. The molecule has 132 valence electrons. The van der Waals surface area contributed by atoms with Gasteiger partial charge in [0.25, 0.3) is 5.91 Å². The molecule has 0 fully saturated rings. The third kappa shape index (κ3) is 3.83. The van der Waals surface area contributed by atoms with Crippen molar-refractivity contribution in [2.24, 2.45) is 5.10 Å². The topological polar surface area (TPSA) is 112 Å². The fourth-order valence-electron chi connectivity index (χ4n) is 2.10. The SMILES string of the molecule is O=C(NCc1ccc(F)cc1)c1n[nH]n(/N=C/c2ccccc2O)c1=O. The van der Waals surface area contributed by atoms with Crippen molar-refractivity contribution in [1.29, 1.82) is 0 Å². The predicted octanol–water partition coefficient (Wildman–Crippen LogP) is 1.23. The molecule has 1 amide bonds. The Morgan fingerprint density at radius 3 is 2.73 bits per heavy atom. The Kier molecular flexibility index (Phi) is 4.88. The van der Waals surface area contributed by atoms with Gasteiger partial charge in [0, 0.05) is 12.1 Å². The lowest BCUT2D eigenvalue weighted by atomic mass is 10.2. The Morgan fingerprint density at radius 1 is 1.27 bits per heavy atom. The van der Waals surface area contributed by atoms with Crippen LogP contribution in [0.2, 0.25) is 0 Å². The number of benzene rings is 2. The minimum absolute atomic E-state index is 0.000999. The Labute approximate surface area is 146 Å². The zero-order valence-electron chi connectivity index (χ0n) is 13.4. The molecule has 0 aliphatic rings. The molecule has 0 aliphatic heterocycles. The van der Waals surface area contributed by atoms with E-state index in [0.29, 0.717) is 11.1 Å². The van der Waals surface area contributed by atoms with Crippen LogP contribution in [0.25, 0.3) is 0 Å². The number of nitrogens with one attached hydrogen (secondary N) is 2. The number of aromatic hydroxyl groups is 1. The summed E-state index contributed by atoms with van der Waals surface area (Å²) in [5, 5.41) is 22.0. The second-order valence-corrected chi connectivity index (χ2v) is 5.29. The number of carbonyl (C=O) groups is 1. The quantitative estimate of drug-likeness (QED) is 0.598. The zero-order valence-corrected chi connectivity index (χ0v) is 13.4. The summed E-state index contributed by atoms with van der Waals surface area (Å²) in [6.45, 7) is 0.118. The molecule has 8 nitrogen and oxygen atoms in total. The number of hydrogen-bond donors (Lipinski definition) is 3. The Bertz CT molecular complexity index is 1010. The van der Waals surface area contributed by atoms with Gasteiger partial charge in [0.05, 0.1) is 6.21 Å². The number of carbonyl (C=O) groups excluding carboxylic acids is 1. The van der Waals surface area contributed by atoms with E-state index in [0.717, 1.165) is 4.79 Å². The molecule has 0 aliphatic carbocycles. The van der Waals surface area contributed by atoms with E-state index < -0.39 is 11.5 Å². The second-order valence-electron chi connectivity index (χ2n) is 5.29. The number of aromatic nitrogens is 3. The summed E-state index contributed by atoms with van der Waals surface area (Å²) in [6.07, 6.45) is 1.26. The number of halogens is 1. The molecule has 0 bridgehead atoms. The van der Waals surface area contributed by atoms with Crippen molar-refractivity contribution in [2.75, 3.05) is 0 Å². The summed E-state index contributed by atoms with van der Waals surface area (Å²) in [6, 6.07) is 12.0. The molecule has 0 radical (unpaired) electrons. The second kappa shape index (κ2) is 7.43. The van der Waals surface area contributed by atoms with Crippen molar-refractivity contribution in [3.8, 4) is 5.75 Å². The molecule has 2 aromatic carbocycles. The molecule has 1 heterocycles. The molecular weight excluding hydrogens is 341 g/mol. The van der Waals surface area contributed by atoms with Crippen molar-refractivity contribution in [1.82, 2.24) is 20.4 Å². The van der Waals surface area contributed by atoms with Crippen LogP contribution in [-0.2, 0) is 6.54 Å². The molecule has 0 atom stereocenters. The largest absolute Gasteiger partial charge is 0.507 e. The summed E-state index contributed by atoms with van der Waals surface area (Å²) in [5.74, 6) is -1.06. The number of para-hydroxylation sites is 1. The summed E-state index contributed by atoms with van der Waals surface area (Å²) in [4.78, 5) is 25.0. The van der Waals surface area contributed by atoms with Gasteiger partial charge in [0.15, 0.2) is 0 Å². The zero-order chi connectivity index (χ0) is 18.5. The molecule has 9 heteroatoms. The van der Waals surface area contributed by atoms with Gasteiger partial charge in [-0.05, 0) is 29.8 Å². The number of hydrogen-bond acceptors (Lipinski definition) is 5. The summed E-state index contributed by atoms with van der Waals surface area (Å²) < 4.78 is 12.9. The highest BCUT2D eigenvalue weighted by Gasteiger charge is 2.16. The molecule has 0 unspecified atom stereocenters. The number of nitrogens with zero attached hydrogens (tertiary/aromatic N) is 3. The lowest BCUT2D eigenvalue weighted by Crippen LogP contribution is -2.29. The van der Waals surface area contributed by atoms with Crippen LogP contribution in [0.3, 0.4) is 0 Å². The number of phenolic OH excluding ortho intramolecular Hbond substituents is 1. The Balaban J connectivity index is 1.70. The lowest BCUT2D eigenvalue weighted by Gasteiger charge is -2.02. The summed E-state index contributed by atoms with van der Waals surface area (Å²) in [5.41, 5.74) is -0.0284. The number of rotatable bonds is 5. The number of aromatic amines is 1. The van der Waals surface area contributed by atoms with Gasteiger partial charge < -0.3 is 10.4 Å². The monoisotopic (exact) mass is 355 g/mol. The highest BCUT2D eigenvalue weighted by atomic mass is 19.1. The van der Waals surface area contributed by atoms with Crippen LogP contribution >= 0.6 is 0 Å². The maximum Gasteiger partial charge on any atom is 0.320 e. The lowest BCUT2D eigenvalue weighted by molar-refractivity contribution is 0.0944. The fraction of sp³-hybridized carbons (Fsp3) is 0.0588. The van der Waals surface area contributed by atoms with Gasteiger partial charge in [-0.15, -0.1) is 9.89 Å². The van der Waals surface area contributed by atoms with Crippen molar-refractivity contribution in [2.45, 2.75) is 6.54 Å².